The van der Waals surface area contributed by atoms with Crippen molar-refractivity contribution in [2.45, 2.75) is 38.0 Å². The summed E-state index contributed by atoms with van der Waals surface area (Å²) in [5.74, 6) is 0.140. The number of nitrogens with zero attached hydrogens (tertiary/aromatic N) is 3. The molecular weight excluding hydrogens is 398 g/mol. The molecule has 1 fully saturated rings. The zero-order valence-corrected chi connectivity index (χ0v) is 18.0. The molecule has 1 atom stereocenters. The molecule has 4 rings (SSSR count). The molecule has 3 aromatic rings. The molecule has 4 nitrogen and oxygen atoms in total. The third-order valence-corrected chi connectivity index (χ3v) is 6.96. The van der Waals surface area contributed by atoms with Crippen LogP contribution in [-0.2, 0) is 11.3 Å². The average molecular weight is 422 g/mol. The summed E-state index contributed by atoms with van der Waals surface area (Å²) < 4.78 is 0. The highest BCUT2D eigenvalue weighted by molar-refractivity contribution is 8.15. The van der Waals surface area contributed by atoms with Crippen molar-refractivity contribution in [1.82, 2.24) is 4.90 Å². The third-order valence-electron chi connectivity index (χ3n) is 4.92. The van der Waals surface area contributed by atoms with Gasteiger partial charge in [0.05, 0.1) is 18.0 Å². The minimum absolute atomic E-state index is 0.0689. The molecule has 2 heterocycles. The van der Waals surface area contributed by atoms with Crippen molar-refractivity contribution in [3.05, 3.63) is 70.4 Å². The minimum atomic E-state index is -0.0689. The van der Waals surface area contributed by atoms with Crippen molar-refractivity contribution in [2.75, 3.05) is 0 Å². The fourth-order valence-corrected chi connectivity index (χ4v) is 5.13. The van der Waals surface area contributed by atoms with Gasteiger partial charge in [-0.25, -0.2) is 0 Å². The van der Waals surface area contributed by atoms with Crippen molar-refractivity contribution in [2.24, 2.45) is 10.2 Å². The SMILES string of the molecule is CCCCC1S/C(=N\N=C\c2cccs2)N(Cc2cccc3ccccc23)C1=O. The van der Waals surface area contributed by atoms with Crippen LogP contribution in [0.1, 0.15) is 36.6 Å². The second kappa shape index (κ2) is 9.37. The third kappa shape index (κ3) is 4.60. The van der Waals surface area contributed by atoms with Crippen LogP contribution in [0, 0.1) is 0 Å². The topological polar surface area (TPSA) is 45.0 Å². The van der Waals surface area contributed by atoms with Gasteiger partial charge in [0.15, 0.2) is 5.17 Å². The van der Waals surface area contributed by atoms with Crippen LogP contribution in [0.4, 0.5) is 0 Å². The summed E-state index contributed by atoms with van der Waals surface area (Å²) in [5, 5.41) is 13.7. The monoisotopic (exact) mass is 421 g/mol. The Morgan fingerprint density at radius 2 is 1.97 bits per heavy atom. The molecule has 148 valence electrons. The summed E-state index contributed by atoms with van der Waals surface area (Å²) in [6.45, 7) is 2.67. The summed E-state index contributed by atoms with van der Waals surface area (Å²) >= 11 is 3.16. The number of benzene rings is 2. The van der Waals surface area contributed by atoms with Crippen LogP contribution in [0.25, 0.3) is 10.8 Å². The number of carbonyl (C=O) groups is 1. The summed E-state index contributed by atoms with van der Waals surface area (Å²) in [6.07, 6.45) is 4.74. The van der Waals surface area contributed by atoms with Crippen LogP contribution in [0.3, 0.4) is 0 Å². The highest BCUT2D eigenvalue weighted by Gasteiger charge is 2.37. The molecule has 0 spiro atoms. The highest BCUT2D eigenvalue weighted by atomic mass is 32.2. The number of carbonyl (C=O) groups excluding carboxylic acids is 1. The smallest absolute Gasteiger partial charge is 0.242 e. The van der Waals surface area contributed by atoms with E-state index in [2.05, 4.69) is 41.4 Å². The van der Waals surface area contributed by atoms with E-state index in [0.717, 1.165) is 29.7 Å². The van der Waals surface area contributed by atoms with Gasteiger partial charge in [0.2, 0.25) is 5.91 Å². The fourth-order valence-electron chi connectivity index (χ4n) is 3.40. The Bertz CT molecular complexity index is 1040. The van der Waals surface area contributed by atoms with Gasteiger partial charge >= 0.3 is 0 Å². The van der Waals surface area contributed by atoms with Crippen molar-refractivity contribution in [3.8, 4) is 0 Å². The molecule has 0 aliphatic carbocycles. The number of hydrogen-bond donors (Lipinski definition) is 0. The van der Waals surface area contributed by atoms with Crippen LogP contribution in [0.15, 0.2) is 70.2 Å². The van der Waals surface area contributed by atoms with Crippen LogP contribution in [0.2, 0.25) is 0 Å². The molecule has 1 amide bonds. The van der Waals surface area contributed by atoms with Gasteiger partial charge in [-0.2, -0.15) is 5.10 Å². The van der Waals surface area contributed by atoms with Crippen LogP contribution in [0.5, 0.6) is 0 Å². The quantitative estimate of drug-likeness (QED) is 0.351. The largest absolute Gasteiger partial charge is 0.284 e. The van der Waals surface area contributed by atoms with Crippen LogP contribution >= 0.6 is 23.1 Å². The van der Waals surface area contributed by atoms with E-state index in [4.69, 9.17) is 0 Å². The molecule has 1 saturated heterocycles. The van der Waals surface area contributed by atoms with Gasteiger partial charge in [-0.3, -0.25) is 9.69 Å². The van der Waals surface area contributed by atoms with E-state index in [-0.39, 0.29) is 11.2 Å². The number of rotatable bonds is 7. The Kier molecular flexibility index (Phi) is 6.42. The van der Waals surface area contributed by atoms with Crippen molar-refractivity contribution in [1.29, 1.82) is 0 Å². The fraction of sp³-hybridized carbons (Fsp3) is 0.261. The molecule has 6 heteroatoms. The first-order chi connectivity index (χ1) is 14.3. The molecule has 1 aromatic heterocycles. The number of amidine groups is 1. The van der Waals surface area contributed by atoms with Gasteiger partial charge in [0, 0.05) is 4.88 Å². The Morgan fingerprint density at radius 3 is 2.79 bits per heavy atom. The van der Waals surface area contributed by atoms with E-state index < -0.39 is 0 Å². The second-order valence-electron chi connectivity index (χ2n) is 6.95. The highest BCUT2D eigenvalue weighted by Crippen LogP contribution is 2.33. The molecule has 1 aliphatic heterocycles. The lowest BCUT2D eigenvalue weighted by molar-refractivity contribution is -0.126. The molecule has 29 heavy (non-hydrogen) atoms. The number of thiophene rings is 1. The number of hydrogen-bond acceptors (Lipinski definition) is 5. The maximum absolute atomic E-state index is 13.1. The number of thioether (sulfide) groups is 1. The molecular formula is C23H23N3OS2. The van der Waals surface area contributed by atoms with Crippen LogP contribution in [-0.4, -0.2) is 27.4 Å². The van der Waals surface area contributed by atoms with Gasteiger partial charge in [-0.1, -0.05) is 80.1 Å². The van der Waals surface area contributed by atoms with Gasteiger partial charge in [0.1, 0.15) is 0 Å². The van der Waals surface area contributed by atoms with Gasteiger partial charge in [-0.15, -0.1) is 16.4 Å². The lowest BCUT2D eigenvalue weighted by atomic mass is 10.0. The molecule has 2 aromatic carbocycles. The molecule has 0 bridgehead atoms. The number of fused-ring (bicyclic) bond motifs is 1. The van der Waals surface area contributed by atoms with E-state index in [1.165, 1.54) is 10.8 Å². The van der Waals surface area contributed by atoms with E-state index in [1.807, 2.05) is 35.7 Å². The first-order valence-corrected chi connectivity index (χ1v) is 11.6. The van der Waals surface area contributed by atoms with Gasteiger partial charge < -0.3 is 0 Å². The molecule has 0 radical (unpaired) electrons. The average Bonchev–Trinajstić information content (AvgIpc) is 3.36. The predicted molar refractivity (Wildman–Crippen MR) is 125 cm³/mol. The lowest BCUT2D eigenvalue weighted by Gasteiger charge is -2.17. The maximum Gasteiger partial charge on any atom is 0.242 e. The molecule has 0 N–H and O–H groups in total. The zero-order chi connectivity index (χ0) is 20.1. The van der Waals surface area contributed by atoms with E-state index in [9.17, 15) is 4.79 Å². The van der Waals surface area contributed by atoms with Crippen molar-refractivity contribution >= 4 is 51.2 Å². The van der Waals surface area contributed by atoms with Crippen LogP contribution < -0.4 is 0 Å². The minimum Gasteiger partial charge on any atom is -0.284 e. The predicted octanol–water partition coefficient (Wildman–Crippen LogP) is 5.93. The number of unbranched alkanes of at least 4 members (excludes halogenated alkanes) is 1. The standard InChI is InChI=1S/C23H23N3OS2/c1-2-3-13-21-22(27)26(23(29-21)25-24-15-19-11-7-14-28-19)16-18-10-6-9-17-8-4-5-12-20(17)18/h4-12,14-15,21H,2-3,13,16H2,1H3/b24-15+,25-23-. The summed E-state index contributed by atoms with van der Waals surface area (Å²) in [6, 6.07) is 18.5. The Labute approximate surface area is 179 Å². The molecule has 1 unspecified atom stereocenters. The molecule has 1 aliphatic rings. The summed E-state index contributed by atoms with van der Waals surface area (Å²) in [7, 11) is 0. The summed E-state index contributed by atoms with van der Waals surface area (Å²) in [5.41, 5.74) is 1.13. The summed E-state index contributed by atoms with van der Waals surface area (Å²) in [4.78, 5) is 16.0. The lowest BCUT2D eigenvalue weighted by Crippen LogP contribution is -2.31. The first-order valence-electron chi connectivity index (χ1n) is 9.85. The zero-order valence-electron chi connectivity index (χ0n) is 16.3. The van der Waals surface area contributed by atoms with Crippen molar-refractivity contribution < 1.29 is 4.79 Å². The van der Waals surface area contributed by atoms with E-state index >= 15 is 0 Å². The van der Waals surface area contributed by atoms with E-state index in [1.54, 1.807) is 34.2 Å². The van der Waals surface area contributed by atoms with Gasteiger partial charge in [0.25, 0.3) is 0 Å². The maximum atomic E-state index is 13.1. The normalized spacial score (nSPS) is 18.5. The van der Waals surface area contributed by atoms with Crippen molar-refractivity contribution in [3.63, 3.8) is 0 Å². The molecule has 0 saturated carbocycles. The van der Waals surface area contributed by atoms with E-state index in [0.29, 0.717) is 11.7 Å². The Balaban J connectivity index is 1.62. The Morgan fingerprint density at radius 1 is 1.10 bits per heavy atom. The Hall–Kier alpha value is -2.44. The second-order valence-corrected chi connectivity index (χ2v) is 9.10. The number of amides is 1. The first kappa shape index (κ1) is 19.9. The van der Waals surface area contributed by atoms with Gasteiger partial charge in [-0.05, 0) is 34.2 Å².